The number of aromatic nitrogens is 2. The van der Waals surface area contributed by atoms with Crippen LogP contribution in [0, 0.1) is 0 Å². The molecule has 186 valence electrons. The molecule has 5 nitrogen and oxygen atoms in total. The van der Waals surface area contributed by atoms with E-state index in [1.807, 2.05) is 53.2 Å². The maximum atomic E-state index is 6.53. The van der Waals surface area contributed by atoms with Gasteiger partial charge in [0.2, 0.25) is 5.79 Å². The van der Waals surface area contributed by atoms with Gasteiger partial charge in [0.25, 0.3) is 0 Å². The molecule has 2 unspecified atom stereocenters. The number of hydrogen-bond donors (Lipinski definition) is 0. The molecule has 1 saturated heterocycles. The van der Waals surface area contributed by atoms with E-state index in [4.69, 9.17) is 60.6 Å². The van der Waals surface area contributed by atoms with Crippen molar-refractivity contribution in [1.29, 1.82) is 0 Å². The van der Waals surface area contributed by atoms with Gasteiger partial charge in [-0.05, 0) is 53.9 Å². The summed E-state index contributed by atoms with van der Waals surface area (Å²) in [5.74, 6) is -0.348. The highest BCUT2D eigenvalue weighted by molar-refractivity contribution is 6.35. The summed E-state index contributed by atoms with van der Waals surface area (Å²) in [5, 5.41) is 2.29. The van der Waals surface area contributed by atoms with Crippen molar-refractivity contribution < 1.29 is 14.2 Å². The van der Waals surface area contributed by atoms with E-state index in [1.165, 1.54) is 0 Å². The molecule has 5 rings (SSSR count). The zero-order valence-electron chi connectivity index (χ0n) is 19.0. The fraction of sp³-hybridized carbons (Fsp3) is 0.222. The predicted molar refractivity (Wildman–Crippen MR) is 142 cm³/mol. The van der Waals surface area contributed by atoms with E-state index in [0.29, 0.717) is 51.8 Å². The topological polar surface area (TPSA) is 45.5 Å². The fourth-order valence-electron chi connectivity index (χ4n) is 4.15. The molecule has 0 radical (unpaired) electrons. The standard InChI is InChI=1S/C27H22Cl4N2O3/c28-20-4-3-19(25(30)12-20)11-18-1-6-22(7-2-18)34-14-23-15-35-27(36-23,16-33-10-9-32-17-33)24-8-5-21(29)13-26(24)31/h1-10,12-13,17,23H,11,14-16H2. The van der Waals surface area contributed by atoms with Gasteiger partial charge in [-0.25, -0.2) is 4.98 Å². The lowest BCUT2D eigenvalue weighted by atomic mass is 10.0. The van der Waals surface area contributed by atoms with Crippen molar-refractivity contribution in [2.45, 2.75) is 24.9 Å². The Morgan fingerprint density at radius 2 is 1.69 bits per heavy atom. The van der Waals surface area contributed by atoms with Crippen LogP contribution in [-0.4, -0.2) is 28.9 Å². The summed E-state index contributed by atoms with van der Waals surface area (Å²) in [7, 11) is 0. The molecule has 0 spiro atoms. The van der Waals surface area contributed by atoms with Crippen molar-refractivity contribution in [2.75, 3.05) is 13.2 Å². The Hall–Kier alpha value is -2.25. The van der Waals surface area contributed by atoms with Crippen LogP contribution in [0.4, 0.5) is 0 Å². The first-order valence-corrected chi connectivity index (χ1v) is 12.8. The maximum Gasteiger partial charge on any atom is 0.215 e. The number of imidazole rings is 1. The summed E-state index contributed by atoms with van der Waals surface area (Å²) in [4.78, 5) is 4.12. The van der Waals surface area contributed by atoms with Crippen LogP contribution in [0.3, 0.4) is 0 Å². The number of benzene rings is 3. The van der Waals surface area contributed by atoms with Crippen LogP contribution >= 0.6 is 46.4 Å². The highest BCUT2D eigenvalue weighted by Crippen LogP contribution is 2.40. The van der Waals surface area contributed by atoms with Gasteiger partial charge in [-0.1, -0.05) is 70.7 Å². The third-order valence-electron chi connectivity index (χ3n) is 5.92. The monoisotopic (exact) mass is 562 g/mol. The van der Waals surface area contributed by atoms with Gasteiger partial charge in [0.15, 0.2) is 0 Å². The van der Waals surface area contributed by atoms with Gasteiger partial charge in [-0.3, -0.25) is 0 Å². The van der Waals surface area contributed by atoms with E-state index < -0.39 is 5.79 Å². The molecule has 1 aliphatic heterocycles. The van der Waals surface area contributed by atoms with E-state index in [9.17, 15) is 0 Å². The van der Waals surface area contributed by atoms with Crippen molar-refractivity contribution in [3.63, 3.8) is 0 Å². The third kappa shape index (κ3) is 5.83. The fourth-order valence-corrected chi connectivity index (χ4v) is 5.18. The van der Waals surface area contributed by atoms with Gasteiger partial charge >= 0.3 is 0 Å². The lowest BCUT2D eigenvalue weighted by Gasteiger charge is -2.30. The number of hydrogen-bond acceptors (Lipinski definition) is 4. The molecule has 1 aliphatic rings. The summed E-state index contributed by atoms with van der Waals surface area (Å²) in [6, 6.07) is 18.7. The molecule has 4 aromatic rings. The Morgan fingerprint density at radius 3 is 2.39 bits per heavy atom. The van der Waals surface area contributed by atoms with Crippen LogP contribution in [0.5, 0.6) is 5.75 Å². The first kappa shape index (κ1) is 25.4. The normalized spacial score (nSPS) is 19.5. The molecule has 0 N–H and O–H groups in total. The molecule has 0 amide bonds. The molecule has 3 aromatic carbocycles. The quantitative estimate of drug-likeness (QED) is 0.223. The summed E-state index contributed by atoms with van der Waals surface area (Å²) < 4.78 is 20.6. The second-order valence-corrected chi connectivity index (χ2v) is 10.2. The van der Waals surface area contributed by atoms with Crippen molar-refractivity contribution in [3.05, 3.63) is 116 Å². The van der Waals surface area contributed by atoms with Gasteiger partial charge in [0, 0.05) is 33.0 Å². The molecular formula is C27H22Cl4N2O3. The van der Waals surface area contributed by atoms with Crippen LogP contribution in [0.2, 0.25) is 20.1 Å². The molecule has 1 fully saturated rings. The average Bonchev–Trinajstić information content (AvgIpc) is 3.51. The molecule has 0 aliphatic carbocycles. The molecular weight excluding hydrogens is 542 g/mol. The number of rotatable bonds is 8. The molecule has 2 heterocycles. The average molecular weight is 564 g/mol. The van der Waals surface area contributed by atoms with Gasteiger partial charge in [-0.2, -0.15) is 0 Å². The van der Waals surface area contributed by atoms with Crippen molar-refractivity contribution >= 4 is 46.4 Å². The Balaban J connectivity index is 1.25. The van der Waals surface area contributed by atoms with Crippen LogP contribution in [0.25, 0.3) is 0 Å². The smallest absolute Gasteiger partial charge is 0.215 e. The highest BCUT2D eigenvalue weighted by Gasteiger charge is 2.45. The van der Waals surface area contributed by atoms with E-state index in [2.05, 4.69) is 4.98 Å². The lowest BCUT2D eigenvalue weighted by molar-refractivity contribution is -0.189. The molecule has 36 heavy (non-hydrogen) atoms. The zero-order chi connectivity index (χ0) is 25.1. The summed E-state index contributed by atoms with van der Waals surface area (Å²) in [6.45, 7) is 1.05. The van der Waals surface area contributed by atoms with Crippen LogP contribution in [0.1, 0.15) is 16.7 Å². The van der Waals surface area contributed by atoms with Gasteiger partial charge < -0.3 is 18.8 Å². The van der Waals surface area contributed by atoms with E-state index >= 15 is 0 Å². The number of halogens is 4. The molecule has 1 aromatic heterocycles. The van der Waals surface area contributed by atoms with Crippen LogP contribution in [0.15, 0.2) is 79.4 Å². The predicted octanol–water partition coefficient (Wildman–Crippen LogP) is 7.43. The first-order valence-electron chi connectivity index (χ1n) is 11.3. The lowest BCUT2D eigenvalue weighted by Crippen LogP contribution is -2.34. The molecule has 9 heteroatoms. The van der Waals surface area contributed by atoms with E-state index in [-0.39, 0.29) is 6.10 Å². The number of nitrogens with zero attached hydrogens (tertiary/aromatic N) is 2. The SMILES string of the molecule is Clc1ccc(Cc2ccc(OCC3COC(Cn4ccnc4)(c4ccc(Cl)cc4Cl)O3)cc2)c(Cl)c1. The van der Waals surface area contributed by atoms with Crippen molar-refractivity contribution in [2.24, 2.45) is 0 Å². The Morgan fingerprint density at radius 1 is 0.944 bits per heavy atom. The van der Waals surface area contributed by atoms with Crippen LogP contribution < -0.4 is 4.74 Å². The third-order valence-corrected chi connectivity index (χ3v) is 7.05. The highest BCUT2D eigenvalue weighted by atomic mass is 35.5. The second kappa shape index (κ2) is 11.0. The number of ether oxygens (including phenoxy) is 3. The minimum atomic E-state index is -1.09. The first-order chi connectivity index (χ1) is 17.4. The minimum absolute atomic E-state index is 0.298. The van der Waals surface area contributed by atoms with Crippen LogP contribution in [-0.2, 0) is 28.2 Å². The maximum absolute atomic E-state index is 6.53. The summed E-state index contributed by atoms with van der Waals surface area (Å²) in [6.07, 6.45) is 5.67. The molecule has 0 bridgehead atoms. The van der Waals surface area contributed by atoms with E-state index in [0.717, 1.165) is 16.9 Å². The second-order valence-electron chi connectivity index (χ2n) is 8.53. The van der Waals surface area contributed by atoms with Gasteiger partial charge in [-0.15, -0.1) is 0 Å². The Kier molecular flexibility index (Phi) is 7.77. The summed E-state index contributed by atoms with van der Waals surface area (Å²) >= 11 is 25.0. The Bertz CT molecular complexity index is 1330. The van der Waals surface area contributed by atoms with Crippen molar-refractivity contribution in [1.82, 2.24) is 9.55 Å². The zero-order valence-corrected chi connectivity index (χ0v) is 22.1. The van der Waals surface area contributed by atoms with Crippen molar-refractivity contribution in [3.8, 4) is 5.75 Å². The molecule has 0 saturated carbocycles. The van der Waals surface area contributed by atoms with E-state index in [1.54, 1.807) is 30.7 Å². The molecule has 2 atom stereocenters. The Labute approximate surface area is 229 Å². The largest absolute Gasteiger partial charge is 0.491 e. The van der Waals surface area contributed by atoms with Gasteiger partial charge in [0.1, 0.15) is 18.5 Å². The summed E-state index contributed by atoms with van der Waals surface area (Å²) in [5.41, 5.74) is 2.83. The van der Waals surface area contributed by atoms with Gasteiger partial charge in [0.05, 0.1) is 24.5 Å². The minimum Gasteiger partial charge on any atom is -0.491 e.